The van der Waals surface area contributed by atoms with Gasteiger partial charge in [0.1, 0.15) is 0 Å². The number of fused-ring (bicyclic) bond motifs is 5. The maximum absolute atomic E-state index is 13.5. The number of ether oxygens (including phenoxy) is 1. The van der Waals surface area contributed by atoms with Crippen LogP contribution in [0.5, 0.6) is 0 Å². The second kappa shape index (κ2) is 10.5. The van der Waals surface area contributed by atoms with Crippen molar-refractivity contribution in [2.75, 3.05) is 20.3 Å². The topological polar surface area (TPSA) is 90.6 Å². The molecule has 0 radical (unpaired) electrons. The zero-order valence-electron chi connectivity index (χ0n) is 23.6. The molecular formula is C31H46N2O4S. The number of benzene rings is 1. The van der Waals surface area contributed by atoms with Crippen LogP contribution in [0.15, 0.2) is 29.2 Å². The van der Waals surface area contributed by atoms with E-state index in [1.807, 2.05) is 6.92 Å². The zero-order valence-corrected chi connectivity index (χ0v) is 24.4. The maximum atomic E-state index is 13.5. The van der Waals surface area contributed by atoms with E-state index in [9.17, 15) is 13.5 Å². The van der Waals surface area contributed by atoms with E-state index in [1.54, 1.807) is 35.6 Å². The number of sulfonamides is 1. The van der Waals surface area contributed by atoms with Crippen LogP contribution in [0.1, 0.15) is 84.1 Å². The Balaban J connectivity index is 1.29. The number of hydrogen-bond donors (Lipinski definition) is 1. The summed E-state index contributed by atoms with van der Waals surface area (Å²) >= 11 is 0. The molecule has 210 valence electrons. The van der Waals surface area contributed by atoms with Crippen molar-refractivity contribution in [3.05, 3.63) is 29.8 Å². The quantitative estimate of drug-likeness (QED) is 0.484. The van der Waals surface area contributed by atoms with E-state index in [4.69, 9.17) is 10.00 Å². The third-order valence-corrected chi connectivity index (χ3v) is 13.5. The molecule has 0 heterocycles. The molecule has 4 saturated carbocycles. The van der Waals surface area contributed by atoms with E-state index in [0.717, 1.165) is 43.4 Å². The van der Waals surface area contributed by atoms with Gasteiger partial charge >= 0.3 is 0 Å². The predicted octanol–water partition coefficient (Wildman–Crippen LogP) is 5.60. The van der Waals surface area contributed by atoms with Crippen molar-refractivity contribution < 1.29 is 18.3 Å². The van der Waals surface area contributed by atoms with E-state index in [-0.39, 0.29) is 16.4 Å². The molecule has 38 heavy (non-hydrogen) atoms. The summed E-state index contributed by atoms with van der Waals surface area (Å²) in [5.41, 5.74) is -0.0209. The lowest BCUT2D eigenvalue weighted by atomic mass is 9.48. The van der Waals surface area contributed by atoms with Gasteiger partial charge in [-0.15, -0.1) is 0 Å². The van der Waals surface area contributed by atoms with Crippen molar-refractivity contribution in [3.8, 4) is 6.07 Å². The van der Waals surface area contributed by atoms with Crippen LogP contribution in [0.2, 0.25) is 0 Å². The first-order valence-electron chi connectivity index (χ1n) is 14.8. The standard InChI is InChI=1S/C31H46N2O4S/c1-5-37-20-31(34)17-15-25-23(18-31)8-11-27-26(25)14-16-30(3)28(12-13-29(27)30)21(2)33(4)38(35,36)24-9-6-22(19-32)7-10-24/h6-7,9-10,21,23,25-29,34H,5,8,11-18,20H2,1-4H3/t21-,23-,25+,26-,27-,28?,29+,30-,31-/m1/s1. The zero-order chi connectivity index (χ0) is 27.3. The Hall–Kier alpha value is -1.46. The fourth-order valence-electron chi connectivity index (χ4n) is 9.56. The van der Waals surface area contributed by atoms with Crippen LogP contribution >= 0.6 is 0 Å². The highest BCUT2D eigenvalue weighted by Gasteiger charge is 2.59. The number of aliphatic hydroxyl groups is 1. The highest BCUT2D eigenvalue weighted by Crippen LogP contribution is 2.65. The monoisotopic (exact) mass is 542 g/mol. The normalized spacial score (nSPS) is 39.6. The summed E-state index contributed by atoms with van der Waals surface area (Å²) in [6.07, 6.45) is 10.0. The molecule has 1 aromatic carbocycles. The average Bonchev–Trinajstić information content (AvgIpc) is 3.28. The van der Waals surface area contributed by atoms with E-state index in [0.29, 0.717) is 36.5 Å². The number of nitriles is 1. The molecule has 0 bridgehead atoms. The summed E-state index contributed by atoms with van der Waals surface area (Å²) in [6, 6.07) is 8.26. The summed E-state index contributed by atoms with van der Waals surface area (Å²) < 4.78 is 34.3. The molecule has 1 aromatic rings. The molecule has 0 amide bonds. The van der Waals surface area contributed by atoms with Crippen molar-refractivity contribution in [2.24, 2.45) is 40.9 Å². The Morgan fingerprint density at radius 1 is 1.08 bits per heavy atom. The van der Waals surface area contributed by atoms with Crippen molar-refractivity contribution >= 4 is 10.0 Å². The second-order valence-electron chi connectivity index (χ2n) is 13.2. The molecule has 7 heteroatoms. The van der Waals surface area contributed by atoms with Crippen molar-refractivity contribution in [3.63, 3.8) is 0 Å². The van der Waals surface area contributed by atoms with Gasteiger partial charge < -0.3 is 9.84 Å². The fourth-order valence-corrected chi connectivity index (χ4v) is 11.0. The number of hydrogen-bond acceptors (Lipinski definition) is 5. The first-order valence-corrected chi connectivity index (χ1v) is 16.3. The fraction of sp³-hybridized carbons (Fsp3) is 0.774. The van der Waals surface area contributed by atoms with Gasteiger partial charge in [0, 0.05) is 19.7 Å². The van der Waals surface area contributed by atoms with E-state index in [1.165, 1.54) is 32.1 Å². The third kappa shape index (κ3) is 4.74. The van der Waals surface area contributed by atoms with Crippen LogP contribution in [0.25, 0.3) is 0 Å². The van der Waals surface area contributed by atoms with Gasteiger partial charge in [0.2, 0.25) is 10.0 Å². The number of nitrogens with zero attached hydrogens (tertiary/aromatic N) is 2. The Bertz CT molecular complexity index is 1150. The summed E-state index contributed by atoms with van der Waals surface area (Å²) in [6.45, 7) is 7.68. The maximum Gasteiger partial charge on any atom is 0.243 e. The van der Waals surface area contributed by atoms with Gasteiger partial charge in [-0.3, -0.25) is 0 Å². The highest BCUT2D eigenvalue weighted by molar-refractivity contribution is 7.89. The average molecular weight is 543 g/mol. The molecule has 9 atom stereocenters. The molecule has 4 aliphatic rings. The molecule has 0 aliphatic heterocycles. The van der Waals surface area contributed by atoms with Crippen LogP contribution < -0.4 is 0 Å². The minimum Gasteiger partial charge on any atom is -0.387 e. The molecule has 5 rings (SSSR count). The lowest BCUT2D eigenvalue weighted by molar-refractivity contribution is -0.129. The Kier molecular flexibility index (Phi) is 7.76. The molecule has 0 aromatic heterocycles. The third-order valence-electron chi connectivity index (χ3n) is 11.6. The number of rotatable bonds is 7. The van der Waals surface area contributed by atoms with Gasteiger partial charge in [-0.05, 0) is 137 Å². The van der Waals surface area contributed by atoms with Crippen molar-refractivity contribution in [1.82, 2.24) is 4.31 Å². The van der Waals surface area contributed by atoms with E-state index < -0.39 is 15.6 Å². The van der Waals surface area contributed by atoms with Crippen LogP contribution in [0, 0.1) is 52.3 Å². The Morgan fingerprint density at radius 3 is 2.47 bits per heavy atom. The SMILES string of the molecule is CCOC[C@@]1(O)CC[C@H]2[C@H](CC[C@@H]3[C@@H]2CC[C@]2(C)C([C@@H](C)N(C)S(=O)(=O)c4ccc(C#N)cc4)CC[C@@H]32)C1. The van der Waals surface area contributed by atoms with Gasteiger partial charge in [0.05, 0.1) is 28.7 Å². The smallest absolute Gasteiger partial charge is 0.243 e. The Morgan fingerprint density at radius 2 is 1.79 bits per heavy atom. The van der Waals surface area contributed by atoms with Crippen LogP contribution in [-0.2, 0) is 14.8 Å². The minimum absolute atomic E-state index is 0.0817. The van der Waals surface area contributed by atoms with Crippen molar-refractivity contribution in [2.45, 2.75) is 95.1 Å². The minimum atomic E-state index is -3.63. The molecular weight excluding hydrogens is 496 g/mol. The molecule has 1 N–H and O–H groups in total. The van der Waals surface area contributed by atoms with Gasteiger partial charge in [-0.25, -0.2) is 8.42 Å². The first-order chi connectivity index (χ1) is 18.0. The predicted molar refractivity (Wildman–Crippen MR) is 148 cm³/mol. The molecule has 4 aliphatic carbocycles. The van der Waals surface area contributed by atoms with Crippen LogP contribution in [0.4, 0.5) is 0 Å². The van der Waals surface area contributed by atoms with Gasteiger partial charge in [0.25, 0.3) is 0 Å². The summed E-state index contributed by atoms with van der Waals surface area (Å²) in [7, 11) is -1.90. The summed E-state index contributed by atoms with van der Waals surface area (Å²) in [4.78, 5) is 0.258. The summed E-state index contributed by atoms with van der Waals surface area (Å²) in [5.74, 6) is 3.80. The molecule has 0 spiro atoms. The Labute approximate surface area is 229 Å². The largest absolute Gasteiger partial charge is 0.387 e. The first kappa shape index (κ1) is 28.1. The molecule has 1 unspecified atom stereocenters. The second-order valence-corrected chi connectivity index (χ2v) is 15.2. The van der Waals surface area contributed by atoms with E-state index >= 15 is 0 Å². The molecule has 6 nitrogen and oxygen atoms in total. The van der Waals surface area contributed by atoms with E-state index in [2.05, 4.69) is 19.9 Å². The molecule has 4 fully saturated rings. The summed E-state index contributed by atoms with van der Waals surface area (Å²) in [5, 5.41) is 20.2. The lowest BCUT2D eigenvalue weighted by Gasteiger charge is -2.57. The highest BCUT2D eigenvalue weighted by atomic mass is 32.2. The van der Waals surface area contributed by atoms with Gasteiger partial charge in [-0.2, -0.15) is 9.57 Å². The lowest BCUT2D eigenvalue weighted by Crippen LogP contribution is -2.53. The molecule has 0 saturated heterocycles. The van der Waals surface area contributed by atoms with Gasteiger partial charge in [-0.1, -0.05) is 6.92 Å². The van der Waals surface area contributed by atoms with Crippen LogP contribution in [-0.4, -0.2) is 49.7 Å². The van der Waals surface area contributed by atoms with Crippen LogP contribution in [0.3, 0.4) is 0 Å². The van der Waals surface area contributed by atoms with Gasteiger partial charge in [0.15, 0.2) is 0 Å². The van der Waals surface area contributed by atoms with Crippen molar-refractivity contribution in [1.29, 1.82) is 5.26 Å².